The van der Waals surface area contributed by atoms with Crippen molar-refractivity contribution in [3.05, 3.63) is 0 Å². The van der Waals surface area contributed by atoms with Gasteiger partial charge in [-0.3, -0.25) is 14.4 Å². The van der Waals surface area contributed by atoms with Crippen LogP contribution < -0.4 is 5.32 Å². The maximum atomic E-state index is 12.0. The van der Waals surface area contributed by atoms with Crippen LogP contribution in [0.4, 0.5) is 0 Å². The molecule has 0 spiro atoms. The molecule has 0 bridgehead atoms. The van der Waals surface area contributed by atoms with Gasteiger partial charge in [0, 0.05) is 6.92 Å². The summed E-state index contributed by atoms with van der Waals surface area (Å²) in [6, 6.07) is -0.983. The second kappa shape index (κ2) is 7.03. The third-order valence-corrected chi connectivity index (χ3v) is 3.51. The highest BCUT2D eigenvalue weighted by Crippen LogP contribution is 2.10. The number of carbonyl (C=O) groups excluding carboxylic acids is 3. The van der Waals surface area contributed by atoms with Gasteiger partial charge >= 0.3 is 5.97 Å². The molecule has 0 aliphatic rings. The maximum absolute atomic E-state index is 12.0. The van der Waals surface area contributed by atoms with Crippen molar-refractivity contribution in [2.24, 2.45) is 0 Å². The Labute approximate surface area is 122 Å². The van der Waals surface area contributed by atoms with E-state index in [1.54, 1.807) is 0 Å². The van der Waals surface area contributed by atoms with Crippen LogP contribution in [0, 0.1) is 0 Å². The fraction of sp³-hybridized carbons (Fsp3) is 0.750. The van der Waals surface area contributed by atoms with Crippen molar-refractivity contribution in [1.29, 1.82) is 0 Å². The Bertz CT molecular complexity index is 384. The van der Waals surface area contributed by atoms with Crippen LogP contribution in [-0.2, 0) is 23.2 Å². The molecule has 1 N–H and O–H groups in total. The lowest BCUT2D eigenvalue weighted by Gasteiger charge is -2.24. The Morgan fingerprint density at radius 3 is 1.75 bits per heavy atom. The largest absolute Gasteiger partial charge is 0.520 e. The van der Waals surface area contributed by atoms with Crippen LogP contribution in [0.2, 0.25) is 39.3 Å². The van der Waals surface area contributed by atoms with E-state index >= 15 is 0 Å². The van der Waals surface area contributed by atoms with Crippen LogP contribution in [-0.4, -0.2) is 40.5 Å². The second-order valence-electron chi connectivity index (χ2n) is 6.58. The minimum absolute atomic E-state index is 0.201. The molecule has 0 aromatic carbocycles. The van der Waals surface area contributed by atoms with E-state index < -0.39 is 34.6 Å². The van der Waals surface area contributed by atoms with E-state index in [0.29, 0.717) is 0 Å². The summed E-state index contributed by atoms with van der Waals surface area (Å²) < 4.78 is 10.6. The van der Waals surface area contributed by atoms with E-state index in [1.807, 2.05) is 39.3 Å². The number of amides is 1. The zero-order valence-corrected chi connectivity index (χ0v) is 15.3. The van der Waals surface area contributed by atoms with Crippen molar-refractivity contribution < 1.29 is 23.2 Å². The van der Waals surface area contributed by atoms with E-state index in [0.717, 1.165) is 0 Å². The first kappa shape index (κ1) is 18.8. The van der Waals surface area contributed by atoms with Crippen LogP contribution in [0.5, 0.6) is 0 Å². The van der Waals surface area contributed by atoms with E-state index in [-0.39, 0.29) is 12.3 Å². The highest BCUT2D eigenvalue weighted by atomic mass is 28.4. The fourth-order valence-electron chi connectivity index (χ4n) is 1.36. The van der Waals surface area contributed by atoms with Gasteiger partial charge in [0.15, 0.2) is 0 Å². The van der Waals surface area contributed by atoms with Gasteiger partial charge in [0.1, 0.15) is 6.04 Å². The summed E-state index contributed by atoms with van der Waals surface area (Å²) in [5.74, 6) is -1.45. The molecule has 0 aliphatic heterocycles. The van der Waals surface area contributed by atoms with E-state index in [2.05, 4.69) is 5.32 Å². The summed E-state index contributed by atoms with van der Waals surface area (Å²) in [6.07, 6.45) is -0.201. The first-order valence-corrected chi connectivity index (χ1v) is 13.3. The van der Waals surface area contributed by atoms with Gasteiger partial charge in [0.2, 0.25) is 22.5 Å². The highest BCUT2D eigenvalue weighted by Gasteiger charge is 2.31. The average Bonchev–Trinajstić information content (AvgIpc) is 2.09. The number of hydrogen-bond acceptors (Lipinski definition) is 5. The van der Waals surface area contributed by atoms with Crippen molar-refractivity contribution in [3.63, 3.8) is 0 Å². The SMILES string of the molecule is CC(=O)NC(CC(=O)O[Si](C)(C)C)C(=O)O[Si](C)(C)C. The highest BCUT2D eigenvalue weighted by molar-refractivity contribution is 6.71. The van der Waals surface area contributed by atoms with E-state index in [4.69, 9.17) is 8.85 Å². The Hall–Kier alpha value is -1.16. The van der Waals surface area contributed by atoms with Gasteiger partial charge in [-0.15, -0.1) is 0 Å². The predicted molar refractivity (Wildman–Crippen MR) is 81.1 cm³/mol. The quantitative estimate of drug-likeness (QED) is 0.753. The summed E-state index contributed by atoms with van der Waals surface area (Å²) in [7, 11) is -4.09. The average molecular weight is 320 g/mol. The summed E-state index contributed by atoms with van der Waals surface area (Å²) in [6.45, 7) is 12.5. The Kier molecular flexibility index (Phi) is 6.62. The van der Waals surface area contributed by atoms with E-state index in [9.17, 15) is 14.4 Å². The van der Waals surface area contributed by atoms with Crippen LogP contribution >= 0.6 is 0 Å². The third kappa shape index (κ3) is 9.73. The third-order valence-electron chi connectivity index (χ3n) is 1.86. The Balaban J connectivity index is 4.77. The lowest BCUT2D eigenvalue weighted by Crippen LogP contribution is -2.46. The van der Waals surface area contributed by atoms with Gasteiger partial charge in [0.25, 0.3) is 5.97 Å². The molecule has 0 radical (unpaired) electrons. The van der Waals surface area contributed by atoms with Crippen LogP contribution in [0.25, 0.3) is 0 Å². The lowest BCUT2D eigenvalue weighted by atomic mass is 10.2. The predicted octanol–water partition coefficient (Wildman–Crippen LogP) is 1.64. The van der Waals surface area contributed by atoms with Crippen molar-refractivity contribution in [3.8, 4) is 0 Å². The lowest BCUT2D eigenvalue weighted by molar-refractivity contribution is -0.145. The molecule has 0 fully saturated rings. The van der Waals surface area contributed by atoms with Gasteiger partial charge in [-0.05, 0) is 39.3 Å². The van der Waals surface area contributed by atoms with Crippen molar-refractivity contribution in [2.45, 2.75) is 58.7 Å². The van der Waals surface area contributed by atoms with Crippen LogP contribution in [0.3, 0.4) is 0 Å². The molecule has 0 aliphatic carbocycles. The zero-order valence-electron chi connectivity index (χ0n) is 13.3. The fourth-order valence-corrected chi connectivity index (χ4v) is 2.87. The van der Waals surface area contributed by atoms with Crippen molar-refractivity contribution >= 4 is 34.5 Å². The second-order valence-corrected chi connectivity index (χ2v) is 15.4. The first-order valence-electron chi connectivity index (χ1n) is 6.52. The molecule has 6 nitrogen and oxygen atoms in total. The standard InChI is InChI=1S/C12H25NO5Si2/c1-9(14)13-10(12(16)18-20(5,6)7)8-11(15)17-19(2,3)4/h10H,8H2,1-7H3,(H,13,14). The molecule has 8 heteroatoms. The van der Waals surface area contributed by atoms with Gasteiger partial charge in [-0.1, -0.05) is 0 Å². The molecule has 116 valence electrons. The number of nitrogens with one attached hydrogen (secondary N) is 1. The summed E-state index contributed by atoms with van der Waals surface area (Å²) in [4.78, 5) is 34.9. The topological polar surface area (TPSA) is 81.7 Å². The Morgan fingerprint density at radius 1 is 0.950 bits per heavy atom. The molecule has 0 saturated carbocycles. The molecule has 1 atom stereocenters. The molecule has 20 heavy (non-hydrogen) atoms. The van der Waals surface area contributed by atoms with Gasteiger partial charge in [-0.2, -0.15) is 0 Å². The van der Waals surface area contributed by atoms with Crippen molar-refractivity contribution in [2.75, 3.05) is 0 Å². The maximum Gasteiger partial charge on any atom is 0.315 e. The summed E-state index contributed by atoms with van der Waals surface area (Å²) in [5.41, 5.74) is 0. The molecule has 0 saturated heterocycles. The summed E-state index contributed by atoms with van der Waals surface area (Å²) >= 11 is 0. The monoisotopic (exact) mass is 319 g/mol. The molecule has 1 amide bonds. The summed E-state index contributed by atoms with van der Waals surface area (Å²) in [5, 5.41) is 2.44. The number of rotatable bonds is 6. The molecule has 0 rings (SSSR count). The molecular weight excluding hydrogens is 294 g/mol. The Morgan fingerprint density at radius 2 is 1.40 bits per heavy atom. The first-order chi connectivity index (χ1) is 8.80. The van der Waals surface area contributed by atoms with Gasteiger partial charge < -0.3 is 14.2 Å². The van der Waals surface area contributed by atoms with Gasteiger partial charge in [-0.25, -0.2) is 0 Å². The van der Waals surface area contributed by atoms with E-state index in [1.165, 1.54) is 6.92 Å². The molecule has 1 unspecified atom stereocenters. The molecule has 0 heterocycles. The number of carbonyl (C=O) groups is 3. The zero-order chi connectivity index (χ0) is 16.1. The van der Waals surface area contributed by atoms with Crippen LogP contribution in [0.1, 0.15) is 13.3 Å². The van der Waals surface area contributed by atoms with Crippen molar-refractivity contribution in [1.82, 2.24) is 5.32 Å². The minimum atomic E-state index is -2.08. The smallest absolute Gasteiger partial charge is 0.315 e. The normalized spacial score (nSPS) is 13.3. The molecule has 0 aromatic heterocycles. The molecular formula is C12H25NO5Si2. The van der Waals surface area contributed by atoms with Crippen LogP contribution in [0.15, 0.2) is 0 Å². The minimum Gasteiger partial charge on any atom is -0.520 e. The van der Waals surface area contributed by atoms with Gasteiger partial charge in [0.05, 0.1) is 6.42 Å². The number of hydrogen-bond donors (Lipinski definition) is 1. The molecule has 0 aromatic rings.